The normalized spacial score (nSPS) is 12.9. The molecule has 300 valence electrons. The fourth-order valence-electron chi connectivity index (χ4n) is 5.23. The van der Waals surface area contributed by atoms with Gasteiger partial charge in [0.2, 0.25) is 0 Å². The van der Waals surface area contributed by atoms with Crippen molar-refractivity contribution in [2.45, 2.75) is 51.2 Å². The van der Waals surface area contributed by atoms with Crippen molar-refractivity contribution >= 4 is 14.4 Å². The van der Waals surface area contributed by atoms with Crippen LogP contribution in [-0.2, 0) is 47.1 Å². The molecule has 0 aromatic heterocycles. The molecule has 1 aliphatic carbocycles. The SMILES string of the molecule is CC(C)(C)[Si](C)(C)OCCOCCOCCOCCOCCOCCOCCOCCOCCCNC(=O)OCC1c2ccccc2-c2ccccc21. The van der Waals surface area contributed by atoms with E-state index in [0.717, 1.165) is 0 Å². The van der Waals surface area contributed by atoms with E-state index in [1.165, 1.54) is 22.3 Å². The maximum Gasteiger partial charge on any atom is 0.407 e. The van der Waals surface area contributed by atoms with Gasteiger partial charge in [-0.1, -0.05) is 69.3 Å². The van der Waals surface area contributed by atoms with E-state index in [9.17, 15) is 4.79 Å². The van der Waals surface area contributed by atoms with Crippen molar-refractivity contribution in [3.8, 4) is 11.1 Å². The van der Waals surface area contributed by atoms with Gasteiger partial charge in [0.05, 0.1) is 106 Å². The van der Waals surface area contributed by atoms with E-state index in [4.69, 9.17) is 47.1 Å². The van der Waals surface area contributed by atoms with E-state index < -0.39 is 14.4 Å². The molecule has 1 amide bonds. The van der Waals surface area contributed by atoms with Crippen LogP contribution in [-0.4, -0.2) is 140 Å². The quantitative estimate of drug-likeness (QED) is 0.0712. The Labute approximate surface area is 318 Å². The average molecular weight is 764 g/mol. The number of alkyl carbamates (subject to hydrolysis) is 1. The van der Waals surface area contributed by atoms with E-state index >= 15 is 0 Å². The Balaban J connectivity index is 0.973. The summed E-state index contributed by atoms with van der Waals surface area (Å²) >= 11 is 0. The molecule has 0 heterocycles. The third kappa shape index (κ3) is 18.2. The number of nitrogens with one attached hydrogen (secondary N) is 1. The van der Waals surface area contributed by atoms with Crippen molar-refractivity contribution in [3.63, 3.8) is 0 Å². The minimum absolute atomic E-state index is 0.0522. The summed E-state index contributed by atoms with van der Waals surface area (Å²) in [6, 6.07) is 16.6. The van der Waals surface area contributed by atoms with Gasteiger partial charge in [-0.25, -0.2) is 4.79 Å². The van der Waals surface area contributed by atoms with Crippen LogP contribution >= 0.6 is 0 Å². The second-order valence-electron chi connectivity index (χ2n) is 14.1. The summed E-state index contributed by atoms with van der Waals surface area (Å²) in [6.45, 7) is 20.8. The number of rotatable bonds is 31. The number of benzene rings is 2. The molecule has 3 rings (SSSR count). The third-order valence-electron chi connectivity index (χ3n) is 9.18. The van der Waals surface area contributed by atoms with Crippen LogP contribution in [0, 0.1) is 0 Å². The maximum atomic E-state index is 12.3. The lowest BCUT2D eigenvalue weighted by Crippen LogP contribution is -2.41. The van der Waals surface area contributed by atoms with Gasteiger partial charge in [0.1, 0.15) is 6.61 Å². The largest absolute Gasteiger partial charge is 0.449 e. The molecule has 0 fully saturated rings. The number of amides is 1. The van der Waals surface area contributed by atoms with Crippen molar-refractivity contribution < 1.29 is 51.9 Å². The first-order valence-electron chi connectivity index (χ1n) is 19.1. The van der Waals surface area contributed by atoms with Gasteiger partial charge in [-0.2, -0.15) is 0 Å². The fourth-order valence-corrected chi connectivity index (χ4v) is 6.25. The van der Waals surface area contributed by atoms with E-state index in [2.05, 4.69) is 63.4 Å². The molecule has 0 aliphatic heterocycles. The van der Waals surface area contributed by atoms with Gasteiger partial charge in [-0.3, -0.25) is 0 Å². The summed E-state index contributed by atoms with van der Waals surface area (Å²) in [6.07, 6.45) is 0.276. The summed E-state index contributed by atoms with van der Waals surface area (Å²) in [5.74, 6) is 0.0522. The third-order valence-corrected chi connectivity index (χ3v) is 13.7. The molecule has 13 heteroatoms. The number of hydrogen-bond acceptors (Lipinski definition) is 11. The lowest BCUT2D eigenvalue weighted by atomic mass is 9.98. The van der Waals surface area contributed by atoms with Gasteiger partial charge in [-0.05, 0) is 46.8 Å². The van der Waals surface area contributed by atoms with Gasteiger partial charge in [0.25, 0.3) is 0 Å². The average Bonchev–Trinajstić information content (AvgIpc) is 3.46. The summed E-state index contributed by atoms with van der Waals surface area (Å²) in [5, 5.41) is 3.02. The highest BCUT2D eigenvalue weighted by molar-refractivity contribution is 6.74. The zero-order valence-corrected chi connectivity index (χ0v) is 33.8. The summed E-state index contributed by atoms with van der Waals surface area (Å²) < 4.78 is 56.0. The van der Waals surface area contributed by atoms with Crippen LogP contribution in [0.25, 0.3) is 11.1 Å². The first-order chi connectivity index (χ1) is 25.7. The Hall–Kier alpha value is -2.43. The van der Waals surface area contributed by atoms with Crippen LogP contribution in [0.3, 0.4) is 0 Å². The van der Waals surface area contributed by atoms with Gasteiger partial charge in [-0.15, -0.1) is 0 Å². The summed E-state index contributed by atoms with van der Waals surface area (Å²) in [5.41, 5.74) is 4.82. The molecule has 0 spiro atoms. The summed E-state index contributed by atoms with van der Waals surface area (Å²) in [4.78, 5) is 12.3. The maximum absolute atomic E-state index is 12.3. The first kappa shape index (κ1) is 45.0. The molecule has 0 radical (unpaired) electrons. The Kier molecular flexibility index (Phi) is 22.4. The monoisotopic (exact) mass is 763 g/mol. The zero-order valence-electron chi connectivity index (χ0n) is 32.8. The van der Waals surface area contributed by atoms with Crippen LogP contribution in [0.5, 0.6) is 0 Å². The Bertz CT molecular complexity index is 1210. The van der Waals surface area contributed by atoms with Crippen molar-refractivity contribution in [1.82, 2.24) is 5.32 Å². The highest BCUT2D eigenvalue weighted by Crippen LogP contribution is 2.44. The predicted molar refractivity (Wildman–Crippen MR) is 207 cm³/mol. The van der Waals surface area contributed by atoms with E-state index in [-0.39, 0.29) is 11.0 Å². The van der Waals surface area contributed by atoms with Crippen molar-refractivity contribution in [1.29, 1.82) is 0 Å². The molecule has 1 aliphatic rings. The summed E-state index contributed by atoms with van der Waals surface area (Å²) in [7, 11) is -1.71. The Morgan fingerprint density at radius 3 is 1.32 bits per heavy atom. The van der Waals surface area contributed by atoms with Crippen molar-refractivity contribution in [3.05, 3.63) is 59.7 Å². The Morgan fingerprint density at radius 1 is 0.566 bits per heavy atom. The van der Waals surface area contributed by atoms with Crippen molar-refractivity contribution in [2.75, 3.05) is 125 Å². The molecule has 12 nitrogen and oxygen atoms in total. The molecule has 0 saturated heterocycles. The van der Waals surface area contributed by atoms with Crippen LogP contribution in [0.4, 0.5) is 4.79 Å². The fraction of sp³-hybridized carbons (Fsp3) is 0.675. The topological polar surface area (TPSA) is 121 Å². The molecule has 0 atom stereocenters. The minimum atomic E-state index is -1.71. The highest BCUT2D eigenvalue weighted by Gasteiger charge is 2.36. The number of fused-ring (bicyclic) bond motifs is 3. The predicted octanol–water partition coefficient (Wildman–Crippen LogP) is 6.07. The second-order valence-corrected chi connectivity index (χ2v) is 18.9. The molecule has 1 N–H and O–H groups in total. The lowest BCUT2D eigenvalue weighted by Gasteiger charge is -2.36. The molecule has 53 heavy (non-hydrogen) atoms. The molecular formula is C40H65NO11Si. The molecule has 0 unspecified atom stereocenters. The van der Waals surface area contributed by atoms with Crippen molar-refractivity contribution in [2.24, 2.45) is 0 Å². The molecular weight excluding hydrogens is 699 g/mol. The lowest BCUT2D eigenvalue weighted by molar-refractivity contribution is -0.0237. The molecule has 2 aromatic rings. The van der Waals surface area contributed by atoms with Gasteiger partial charge >= 0.3 is 6.09 Å². The van der Waals surface area contributed by atoms with Gasteiger partial charge in [0, 0.05) is 19.1 Å². The Morgan fingerprint density at radius 2 is 0.925 bits per heavy atom. The van der Waals surface area contributed by atoms with E-state index in [0.29, 0.717) is 132 Å². The minimum Gasteiger partial charge on any atom is -0.449 e. The number of carbonyl (C=O) groups is 1. The van der Waals surface area contributed by atoms with E-state index in [1.54, 1.807) is 0 Å². The van der Waals surface area contributed by atoms with Gasteiger partial charge in [0.15, 0.2) is 8.32 Å². The first-order valence-corrected chi connectivity index (χ1v) is 22.0. The molecule has 0 bridgehead atoms. The number of ether oxygens (including phenoxy) is 9. The van der Waals surface area contributed by atoms with Crippen LogP contribution in [0.15, 0.2) is 48.5 Å². The van der Waals surface area contributed by atoms with Crippen LogP contribution in [0.1, 0.15) is 44.2 Å². The zero-order chi connectivity index (χ0) is 38.0. The van der Waals surface area contributed by atoms with Gasteiger partial charge < -0.3 is 52.4 Å². The molecule has 0 saturated carbocycles. The second kappa shape index (κ2) is 26.4. The molecule has 2 aromatic carbocycles. The van der Waals surface area contributed by atoms with Crippen LogP contribution in [0.2, 0.25) is 18.1 Å². The number of hydrogen-bond donors (Lipinski definition) is 1. The highest BCUT2D eigenvalue weighted by atomic mass is 28.4. The van der Waals surface area contributed by atoms with E-state index in [1.807, 2.05) is 24.3 Å². The standard InChI is InChI=1S/C40H65NO11Si/c1-40(2,3)53(4,5)52-32-31-50-30-29-49-28-27-48-26-25-47-24-23-46-22-21-45-20-19-44-18-17-43-16-10-15-41-39(42)51-33-38-36-13-8-6-11-34(36)35-12-7-9-14-37(35)38/h6-9,11-14,38H,10,15-33H2,1-5H3,(H,41,42). The van der Waals surface area contributed by atoms with Crippen LogP contribution < -0.4 is 5.32 Å². The number of carbonyl (C=O) groups excluding carboxylic acids is 1. The smallest absolute Gasteiger partial charge is 0.407 e.